The molecule has 0 radical (unpaired) electrons. The highest BCUT2D eigenvalue weighted by molar-refractivity contribution is 9.10. The first-order chi connectivity index (χ1) is 8.06. The Balaban J connectivity index is 2.28. The van der Waals surface area contributed by atoms with Crippen molar-refractivity contribution in [2.75, 3.05) is 5.73 Å². The molecule has 2 aromatic rings. The third-order valence-electron chi connectivity index (χ3n) is 2.32. The van der Waals surface area contributed by atoms with Gasteiger partial charge >= 0.3 is 0 Å². The van der Waals surface area contributed by atoms with Crippen LogP contribution >= 0.6 is 15.9 Å². The second-order valence-corrected chi connectivity index (χ2v) is 4.56. The second kappa shape index (κ2) is 4.75. The summed E-state index contributed by atoms with van der Waals surface area (Å²) in [5.41, 5.74) is 7.23. The Labute approximate surface area is 107 Å². The maximum Gasteiger partial charge on any atom is 0.141 e. The van der Waals surface area contributed by atoms with Crippen molar-refractivity contribution in [2.24, 2.45) is 0 Å². The van der Waals surface area contributed by atoms with Crippen LogP contribution in [0.3, 0.4) is 0 Å². The molecule has 2 rings (SSSR count). The van der Waals surface area contributed by atoms with Gasteiger partial charge < -0.3 is 10.5 Å². The van der Waals surface area contributed by atoms with E-state index in [2.05, 4.69) is 15.9 Å². The van der Waals surface area contributed by atoms with Gasteiger partial charge in [0.2, 0.25) is 0 Å². The molecule has 0 saturated carbocycles. The molecule has 0 fully saturated rings. The summed E-state index contributed by atoms with van der Waals surface area (Å²) in [7, 11) is 0. The van der Waals surface area contributed by atoms with Crippen LogP contribution in [0.15, 0.2) is 40.9 Å². The van der Waals surface area contributed by atoms with Crippen LogP contribution in [0.5, 0.6) is 11.5 Å². The number of hydrogen-bond acceptors (Lipinski definition) is 2. The summed E-state index contributed by atoms with van der Waals surface area (Å²) in [6.45, 7) is 1.89. The van der Waals surface area contributed by atoms with E-state index in [0.717, 1.165) is 5.56 Å². The van der Waals surface area contributed by atoms with Crippen LogP contribution in [-0.4, -0.2) is 0 Å². The van der Waals surface area contributed by atoms with Crippen LogP contribution < -0.4 is 10.5 Å². The zero-order valence-corrected chi connectivity index (χ0v) is 10.8. The Bertz CT molecular complexity index is 557. The van der Waals surface area contributed by atoms with E-state index in [1.807, 2.05) is 13.0 Å². The predicted molar refractivity (Wildman–Crippen MR) is 69.8 cm³/mol. The lowest BCUT2D eigenvalue weighted by Gasteiger charge is -2.09. The molecule has 0 aliphatic carbocycles. The fourth-order valence-electron chi connectivity index (χ4n) is 1.45. The number of anilines is 1. The van der Waals surface area contributed by atoms with E-state index in [0.29, 0.717) is 21.7 Å². The zero-order chi connectivity index (χ0) is 12.4. The molecule has 0 aliphatic heterocycles. The first-order valence-corrected chi connectivity index (χ1v) is 5.84. The Morgan fingerprint density at radius 1 is 1.18 bits per heavy atom. The smallest absolute Gasteiger partial charge is 0.141 e. The molecule has 0 aliphatic rings. The molecule has 0 aromatic heterocycles. The lowest BCUT2D eigenvalue weighted by molar-refractivity contribution is 0.473. The molecule has 0 atom stereocenters. The number of hydrogen-bond donors (Lipinski definition) is 1. The van der Waals surface area contributed by atoms with Gasteiger partial charge in [-0.1, -0.05) is 0 Å². The zero-order valence-electron chi connectivity index (χ0n) is 9.21. The van der Waals surface area contributed by atoms with Gasteiger partial charge in [0.1, 0.15) is 17.3 Å². The monoisotopic (exact) mass is 295 g/mol. The number of nitrogen functional groups attached to an aromatic ring is 1. The average molecular weight is 296 g/mol. The summed E-state index contributed by atoms with van der Waals surface area (Å²) in [5, 5.41) is 0. The highest BCUT2D eigenvalue weighted by Crippen LogP contribution is 2.28. The summed E-state index contributed by atoms with van der Waals surface area (Å²) in [6, 6.07) is 9.97. The minimum Gasteiger partial charge on any atom is -0.457 e. The van der Waals surface area contributed by atoms with Gasteiger partial charge in [0.15, 0.2) is 0 Å². The Morgan fingerprint density at radius 2 is 1.94 bits per heavy atom. The maximum absolute atomic E-state index is 13.3. The Kier molecular flexibility index (Phi) is 3.33. The molecule has 17 heavy (non-hydrogen) atoms. The van der Waals surface area contributed by atoms with Crippen LogP contribution in [0.2, 0.25) is 0 Å². The predicted octanol–water partition coefficient (Wildman–Crippen LogP) is 4.27. The summed E-state index contributed by atoms with van der Waals surface area (Å²) in [5.74, 6) is 0.773. The molecule has 0 saturated heterocycles. The number of rotatable bonds is 2. The topological polar surface area (TPSA) is 35.2 Å². The molecule has 0 unspecified atom stereocenters. The quantitative estimate of drug-likeness (QED) is 0.840. The maximum atomic E-state index is 13.3. The number of aryl methyl sites for hydroxylation is 1. The van der Waals surface area contributed by atoms with Crippen molar-refractivity contribution in [3.05, 3.63) is 52.3 Å². The summed E-state index contributed by atoms with van der Waals surface area (Å²) in [6.07, 6.45) is 0. The van der Waals surface area contributed by atoms with E-state index in [4.69, 9.17) is 10.5 Å². The lowest BCUT2D eigenvalue weighted by atomic mass is 10.2. The van der Waals surface area contributed by atoms with Crippen molar-refractivity contribution in [3.8, 4) is 11.5 Å². The summed E-state index contributed by atoms with van der Waals surface area (Å²) >= 11 is 3.09. The fourth-order valence-corrected chi connectivity index (χ4v) is 1.70. The molecule has 88 valence electrons. The van der Waals surface area contributed by atoms with Crippen LogP contribution in [0.4, 0.5) is 10.1 Å². The lowest BCUT2D eigenvalue weighted by Crippen LogP contribution is -1.91. The van der Waals surface area contributed by atoms with Gasteiger partial charge in [-0.15, -0.1) is 0 Å². The highest BCUT2D eigenvalue weighted by atomic mass is 79.9. The number of ether oxygens (including phenoxy) is 1. The molecule has 2 aromatic carbocycles. The van der Waals surface area contributed by atoms with Crippen molar-refractivity contribution in [1.82, 2.24) is 0 Å². The van der Waals surface area contributed by atoms with E-state index in [9.17, 15) is 4.39 Å². The summed E-state index contributed by atoms with van der Waals surface area (Å²) in [4.78, 5) is 0. The van der Waals surface area contributed by atoms with Crippen molar-refractivity contribution < 1.29 is 9.13 Å². The Hall–Kier alpha value is -1.55. The Morgan fingerprint density at radius 3 is 2.59 bits per heavy atom. The third-order valence-corrected chi connectivity index (χ3v) is 2.96. The van der Waals surface area contributed by atoms with Crippen LogP contribution in [-0.2, 0) is 0 Å². The van der Waals surface area contributed by atoms with Crippen molar-refractivity contribution in [2.45, 2.75) is 6.92 Å². The molecule has 4 heteroatoms. The molecule has 2 N–H and O–H groups in total. The van der Waals surface area contributed by atoms with Crippen molar-refractivity contribution in [1.29, 1.82) is 0 Å². The molecule has 0 spiro atoms. The van der Waals surface area contributed by atoms with Gasteiger partial charge in [-0.25, -0.2) is 4.39 Å². The number of benzene rings is 2. The molecule has 0 amide bonds. The van der Waals surface area contributed by atoms with Crippen LogP contribution in [0, 0.1) is 12.7 Å². The first-order valence-electron chi connectivity index (χ1n) is 5.05. The summed E-state index contributed by atoms with van der Waals surface area (Å²) < 4.78 is 19.3. The van der Waals surface area contributed by atoms with E-state index >= 15 is 0 Å². The average Bonchev–Trinajstić information content (AvgIpc) is 2.27. The minimum absolute atomic E-state index is 0.351. The molecule has 0 bridgehead atoms. The third kappa shape index (κ3) is 2.77. The van der Waals surface area contributed by atoms with E-state index in [1.54, 1.807) is 24.3 Å². The molecular formula is C13H11BrFNO. The molecule has 2 nitrogen and oxygen atoms in total. The van der Waals surface area contributed by atoms with E-state index in [1.165, 1.54) is 6.07 Å². The molecular weight excluding hydrogens is 285 g/mol. The van der Waals surface area contributed by atoms with Gasteiger partial charge in [0, 0.05) is 11.8 Å². The van der Waals surface area contributed by atoms with Crippen LogP contribution in [0.1, 0.15) is 5.56 Å². The largest absolute Gasteiger partial charge is 0.457 e. The minimum atomic E-state index is -0.351. The SMILES string of the molecule is Cc1cc(N)ccc1Oc1ccc(Br)c(F)c1. The van der Waals surface area contributed by atoms with Gasteiger partial charge in [-0.2, -0.15) is 0 Å². The first kappa shape index (κ1) is 11.9. The van der Waals surface area contributed by atoms with E-state index < -0.39 is 0 Å². The van der Waals surface area contributed by atoms with Crippen molar-refractivity contribution in [3.63, 3.8) is 0 Å². The second-order valence-electron chi connectivity index (χ2n) is 3.70. The molecule has 0 heterocycles. The fraction of sp³-hybridized carbons (Fsp3) is 0.0769. The van der Waals surface area contributed by atoms with Crippen molar-refractivity contribution >= 4 is 21.6 Å². The number of halogens is 2. The van der Waals surface area contributed by atoms with Gasteiger partial charge in [0.05, 0.1) is 4.47 Å². The van der Waals surface area contributed by atoms with Gasteiger partial charge in [-0.3, -0.25) is 0 Å². The van der Waals surface area contributed by atoms with Gasteiger partial charge in [-0.05, 0) is 58.7 Å². The van der Waals surface area contributed by atoms with E-state index in [-0.39, 0.29) is 5.82 Å². The number of nitrogens with two attached hydrogens (primary N) is 1. The standard InChI is InChI=1S/C13H11BrFNO/c1-8-6-9(16)2-5-13(8)17-10-3-4-11(14)12(15)7-10/h2-7H,16H2,1H3. The van der Waals surface area contributed by atoms with Crippen LogP contribution in [0.25, 0.3) is 0 Å². The highest BCUT2D eigenvalue weighted by Gasteiger charge is 2.05. The normalized spacial score (nSPS) is 10.3. The van der Waals surface area contributed by atoms with Gasteiger partial charge in [0.25, 0.3) is 0 Å².